The van der Waals surface area contributed by atoms with Crippen LogP contribution < -0.4 is 39.3 Å². The van der Waals surface area contributed by atoms with Crippen LogP contribution in [0.3, 0.4) is 0 Å². The molecule has 7 aromatic carbocycles. The summed E-state index contributed by atoms with van der Waals surface area (Å²) in [6.45, 7) is 9.16. The number of quaternary nitrogens is 1. The molecular weight excluding hydrogens is 964 g/mol. The predicted molar refractivity (Wildman–Crippen MR) is 294 cm³/mol. The Morgan fingerprint density at radius 3 is 1.37 bits per heavy atom. The van der Waals surface area contributed by atoms with E-state index in [2.05, 4.69) is 81.8 Å². The van der Waals surface area contributed by atoms with Crippen molar-refractivity contribution in [1.82, 2.24) is 0 Å². The summed E-state index contributed by atoms with van der Waals surface area (Å²) in [6.07, 6.45) is 7.89. The van der Waals surface area contributed by atoms with E-state index in [0.29, 0.717) is 11.5 Å². The van der Waals surface area contributed by atoms with Crippen molar-refractivity contribution in [2.24, 2.45) is 0 Å². The molecule has 0 aromatic heterocycles. The van der Waals surface area contributed by atoms with Crippen LogP contribution in [0.15, 0.2) is 109 Å². The second-order valence-corrected chi connectivity index (χ2v) is 24.5. The summed E-state index contributed by atoms with van der Waals surface area (Å²) in [7, 11) is 4.48. The molecule has 0 radical (unpaired) electrons. The molecule has 0 fully saturated rings. The summed E-state index contributed by atoms with van der Waals surface area (Å²) >= 11 is 12.3. The van der Waals surface area contributed by atoms with Crippen LogP contribution in [-0.2, 0) is 36.8 Å². The molecule has 0 saturated carbocycles. The van der Waals surface area contributed by atoms with Gasteiger partial charge in [0, 0.05) is 37.9 Å². The van der Waals surface area contributed by atoms with Gasteiger partial charge in [0.05, 0.1) is 35.4 Å². The van der Waals surface area contributed by atoms with Crippen LogP contribution in [0.4, 0.5) is 0 Å². The molecule has 3 aliphatic rings. The molecule has 10 rings (SSSR count). The average Bonchev–Trinajstić information content (AvgIpc) is 3.46. The lowest BCUT2D eigenvalue weighted by Crippen LogP contribution is -2.36. The highest BCUT2D eigenvalue weighted by atomic mass is 35.5. The molecule has 0 amide bonds. The van der Waals surface area contributed by atoms with Gasteiger partial charge in [0.25, 0.3) is 0 Å². The van der Waals surface area contributed by atoms with Crippen LogP contribution in [0.1, 0.15) is 75.8 Å². The fourth-order valence-electron chi connectivity index (χ4n) is 11.0. The molecule has 2 aliphatic carbocycles. The molecule has 0 bridgehead atoms. The number of benzene rings is 7. The summed E-state index contributed by atoms with van der Waals surface area (Å²) in [5.41, 5.74) is 15.6. The zero-order valence-electron chi connectivity index (χ0n) is 42.3. The zero-order chi connectivity index (χ0) is 50.4. The maximum Gasteiger partial charge on any atom is 0.372 e. The molecule has 71 heavy (non-hydrogen) atoms. The summed E-state index contributed by atoms with van der Waals surface area (Å²) in [6, 6.07) is 37.6. The molecule has 0 atom stereocenters. The first-order valence-corrected chi connectivity index (χ1v) is 28.1. The Kier molecular flexibility index (Phi) is 14.9. The number of aryl methyl sites for hydroxylation is 6. The van der Waals surface area contributed by atoms with Gasteiger partial charge in [-0.05, 0) is 219 Å². The van der Waals surface area contributed by atoms with Gasteiger partial charge < -0.3 is 27.9 Å². The number of hydrogen-bond acceptors (Lipinski definition) is 6. The quantitative estimate of drug-likeness (QED) is 0.106. The second-order valence-electron chi connectivity index (χ2n) is 20.2. The molecular formula is C60H63Cl2NO6P2. The average molecular weight is 1030 g/mol. The third kappa shape index (κ3) is 10.7. The Bertz CT molecular complexity index is 2970. The highest BCUT2D eigenvalue weighted by Crippen LogP contribution is 2.61. The van der Waals surface area contributed by atoms with Crippen molar-refractivity contribution >= 4 is 54.9 Å². The van der Waals surface area contributed by atoms with Gasteiger partial charge in [0.1, 0.15) is 29.5 Å². The van der Waals surface area contributed by atoms with Crippen molar-refractivity contribution in [3.63, 3.8) is 0 Å². The van der Waals surface area contributed by atoms with Gasteiger partial charge in [-0.1, -0.05) is 71.7 Å². The van der Waals surface area contributed by atoms with E-state index in [9.17, 15) is 9.46 Å². The van der Waals surface area contributed by atoms with Crippen molar-refractivity contribution in [1.29, 1.82) is 0 Å². The lowest BCUT2D eigenvalue weighted by molar-refractivity contribution is -0.883. The Labute approximate surface area is 431 Å². The van der Waals surface area contributed by atoms with Gasteiger partial charge in [-0.25, -0.2) is 4.57 Å². The van der Waals surface area contributed by atoms with E-state index < -0.39 is 15.7 Å². The minimum Gasteiger partial charge on any atom is -0.736 e. The number of ether oxygens (including phenoxy) is 2. The molecule has 0 unspecified atom stereocenters. The summed E-state index contributed by atoms with van der Waals surface area (Å²) in [5.74, 6) is 2.31. The molecule has 11 heteroatoms. The molecule has 7 nitrogen and oxygen atoms in total. The van der Waals surface area contributed by atoms with Crippen molar-refractivity contribution < 1.29 is 32.5 Å². The van der Waals surface area contributed by atoms with E-state index in [4.69, 9.17) is 41.7 Å². The minimum absolute atomic E-state index is 0.386. The summed E-state index contributed by atoms with van der Waals surface area (Å²) < 4.78 is 38.3. The van der Waals surface area contributed by atoms with E-state index in [0.717, 1.165) is 140 Å². The van der Waals surface area contributed by atoms with Gasteiger partial charge in [-0.3, -0.25) is 0 Å². The first kappa shape index (κ1) is 50.8. The Balaban J connectivity index is 0.000000204. The highest BCUT2D eigenvalue weighted by molar-refractivity contribution is 7.79. The fraction of sp³-hybridized carbons (Fsp3) is 0.300. The first-order valence-electron chi connectivity index (χ1n) is 24.5. The van der Waals surface area contributed by atoms with Crippen LogP contribution >= 0.6 is 38.9 Å². The Morgan fingerprint density at radius 1 is 0.577 bits per heavy atom. The largest absolute Gasteiger partial charge is 0.736 e. The molecule has 1 heterocycles. The number of rotatable bonds is 9. The van der Waals surface area contributed by atoms with Crippen molar-refractivity contribution in [2.75, 3.05) is 35.4 Å². The number of hydrogen-bond donors (Lipinski definition) is 0. The van der Waals surface area contributed by atoms with E-state index in [1.807, 2.05) is 76.2 Å². The number of halogens is 2. The predicted octanol–water partition coefficient (Wildman–Crippen LogP) is 13.9. The van der Waals surface area contributed by atoms with E-state index >= 15 is 0 Å². The second kappa shape index (κ2) is 20.8. The van der Waals surface area contributed by atoms with Gasteiger partial charge in [0.15, 0.2) is 0 Å². The SMILES string of the molecule is COc1cc(C)c(-c2cc3c(c4c2OP(=O)([O-])Oc2c(-c5c(C)cc(OC)cc5C)cc5c(c2-4)CCCC5)CCCC3)c(C)c1.C[N+](C)(C)Cc1ccccc1P(c1ccc(Cl)cc1)c1ccc(Cl)cc1. The monoisotopic (exact) mass is 1030 g/mol. The Hall–Kier alpha value is -5.10. The fourth-order valence-corrected chi connectivity index (χ4v) is 14.5. The van der Waals surface area contributed by atoms with E-state index in [1.165, 1.54) is 43.7 Å². The molecule has 0 spiro atoms. The maximum atomic E-state index is 14.0. The minimum atomic E-state index is -4.85. The van der Waals surface area contributed by atoms with Crippen molar-refractivity contribution in [3.05, 3.63) is 169 Å². The summed E-state index contributed by atoms with van der Waals surface area (Å²) in [5, 5.41) is 5.50. The van der Waals surface area contributed by atoms with Crippen LogP contribution in [0.2, 0.25) is 10.0 Å². The van der Waals surface area contributed by atoms with Gasteiger partial charge >= 0.3 is 7.82 Å². The normalized spacial score (nSPS) is 14.6. The Morgan fingerprint density at radius 2 is 0.972 bits per heavy atom. The third-order valence-corrected chi connectivity index (χ3v) is 17.8. The molecule has 0 saturated heterocycles. The van der Waals surface area contributed by atoms with Crippen molar-refractivity contribution in [3.8, 4) is 56.4 Å². The summed E-state index contributed by atoms with van der Waals surface area (Å²) in [4.78, 5) is 14.0. The van der Waals surface area contributed by atoms with Crippen molar-refractivity contribution in [2.45, 2.75) is 85.6 Å². The smallest absolute Gasteiger partial charge is 0.372 e. The lowest BCUT2D eigenvalue weighted by Gasteiger charge is -2.29. The number of nitrogens with zero attached hydrogens (tertiary/aromatic N) is 1. The number of phosphoric acid groups is 1. The molecule has 7 aromatic rings. The number of phosphoric ester groups is 1. The maximum absolute atomic E-state index is 14.0. The van der Waals surface area contributed by atoms with E-state index in [-0.39, 0.29) is 0 Å². The lowest BCUT2D eigenvalue weighted by atomic mass is 9.76. The molecule has 1 aliphatic heterocycles. The van der Waals surface area contributed by atoms with Gasteiger partial charge in [-0.2, -0.15) is 0 Å². The first-order chi connectivity index (χ1) is 33.9. The standard InChI is InChI=1S/C38H41O6P.C22H23Cl2NP/c1-21-15-27(41-5)16-22(2)33(21)31-19-25-11-7-9-13-29(25)35-36-30-14-10-8-12-26(30)20-32(38(36)44-45(39,40)43-37(31)35)34-23(3)17-28(42-6)18-24(34)4;1-25(2,3)16-17-6-4-5-7-22(17)26(20-12-8-18(23)9-13-20)21-14-10-19(24)11-15-21/h15-20H,7-14H2,1-6H3,(H,39,40);4-15H,16H2,1-3H3/q;+1/p-1. The number of methoxy groups -OCH3 is 2. The highest BCUT2D eigenvalue weighted by Gasteiger charge is 2.37. The van der Waals surface area contributed by atoms with Gasteiger partial charge in [-0.15, -0.1) is 0 Å². The number of fused-ring (bicyclic) bond motifs is 7. The van der Waals surface area contributed by atoms with Crippen LogP contribution in [0.25, 0.3) is 33.4 Å². The zero-order valence-corrected chi connectivity index (χ0v) is 45.6. The molecule has 368 valence electrons. The molecule has 0 N–H and O–H groups in total. The van der Waals surface area contributed by atoms with Crippen LogP contribution in [-0.4, -0.2) is 39.8 Å². The van der Waals surface area contributed by atoms with E-state index in [1.54, 1.807) is 14.2 Å². The van der Waals surface area contributed by atoms with Crippen LogP contribution in [0.5, 0.6) is 23.0 Å². The van der Waals surface area contributed by atoms with Gasteiger partial charge in [0.2, 0.25) is 0 Å². The third-order valence-electron chi connectivity index (χ3n) is 13.9. The van der Waals surface area contributed by atoms with Crippen LogP contribution in [0, 0.1) is 27.7 Å². The topological polar surface area (TPSA) is 77.1 Å².